The van der Waals surface area contributed by atoms with E-state index in [1.807, 2.05) is 24.3 Å². The van der Waals surface area contributed by atoms with E-state index in [-0.39, 0.29) is 17.5 Å². The minimum absolute atomic E-state index is 0.0776. The van der Waals surface area contributed by atoms with E-state index < -0.39 is 4.92 Å². The summed E-state index contributed by atoms with van der Waals surface area (Å²) in [6, 6.07) is 11.9. The van der Waals surface area contributed by atoms with Gasteiger partial charge in [-0.3, -0.25) is 19.7 Å². The first-order valence-corrected chi connectivity index (χ1v) is 7.77. The topological polar surface area (TPSA) is 101 Å². The average molecular weight is 341 g/mol. The number of nitrogens with zero attached hydrogens (tertiary/aromatic N) is 1. The molecule has 0 heterocycles. The monoisotopic (exact) mass is 341 g/mol. The van der Waals surface area contributed by atoms with Crippen LogP contribution in [0.4, 0.5) is 17.1 Å². The Morgan fingerprint density at radius 1 is 0.920 bits per heavy atom. The summed E-state index contributed by atoms with van der Waals surface area (Å²) in [4.78, 5) is 33.1. The smallest absolute Gasteiger partial charge is 0.271 e. The van der Waals surface area contributed by atoms with Crippen LogP contribution in [-0.4, -0.2) is 16.7 Å². The summed E-state index contributed by atoms with van der Waals surface area (Å²) in [6.45, 7) is 2.80. The van der Waals surface area contributed by atoms with Crippen molar-refractivity contribution in [1.82, 2.24) is 0 Å². The summed E-state index contributed by atoms with van der Waals surface area (Å²) in [5, 5.41) is 16.4. The van der Waals surface area contributed by atoms with Crippen LogP contribution in [0.3, 0.4) is 0 Å². The van der Waals surface area contributed by atoms with Crippen molar-refractivity contribution in [2.45, 2.75) is 26.7 Å². The standard InChI is InChI=1S/C18H19N3O4/c1-12(22)19-17-6-4-3-5-14(17)7-8-15-9-10-16(21(24)25)11-18(15)20-13(2)23/h3-6,9-11H,7-8H2,1-2H3,(H,19,22)(H,20,23). The van der Waals surface area contributed by atoms with E-state index in [9.17, 15) is 19.7 Å². The van der Waals surface area contributed by atoms with E-state index in [1.165, 1.54) is 26.0 Å². The van der Waals surface area contributed by atoms with Gasteiger partial charge in [-0.25, -0.2) is 0 Å². The maximum Gasteiger partial charge on any atom is 0.271 e. The minimum atomic E-state index is -0.499. The molecular weight excluding hydrogens is 322 g/mol. The Kier molecular flexibility index (Phi) is 5.84. The van der Waals surface area contributed by atoms with Gasteiger partial charge in [-0.05, 0) is 30.0 Å². The third-order valence-corrected chi connectivity index (χ3v) is 3.61. The van der Waals surface area contributed by atoms with Crippen LogP contribution in [0.2, 0.25) is 0 Å². The van der Waals surface area contributed by atoms with Crippen molar-refractivity contribution in [3.8, 4) is 0 Å². The molecule has 0 bridgehead atoms. The zero-order valence-corrected chi connectivity index (χ0v) is 14.0. The fourth-order valence-electron chi connectivity index (χ4n) is 2.52. The molecule has 0 aromatic heterocycles. The second kappa shape index (κ2) is 8.05. The lowest BCUT2D eigenvalue weighted by Gasteiger charge is -2.12. The van der Waals surface area contributed by atoms with Crippen LogP contribution in [0.15, 0.2) is 42.5 Å². The van der Waals surface area contributed by atoms with Gasteiger partial charge in [0.25, 0.3) is 5.69 Å². The summed E-state index contributed by atoms with van der Waals surface area (Å²) in [7, 11) is 0. The SMILES string of the molecule is CC(=O)Nc1ccccc1CCc1ccc([N+](=O)[O-])cc1NC(C)=O. The first kappa shape index (κ1) is 18.1. The molecule has 130 valence electrons. The fourth-order valence-corrected chi connectivity index (χ4v) is 2.52. The number of carbonyl (C=O) groups excluding carboxylic acids is 2. The molecule has 2 aromatic rings. The van der Waals surface area contributed by atoms with Crippen molar-refractivity contribution in [2.24, 2.45) is 0 Å². The number of aryl methyl sites for hydroxylation is 2. The number of anilines is 2. The van der Waals surface area contributed by atoms with Crippen LogP contribution >= 0.6 is 0 Å². The highest BCUT2D eigenvalue weighted by Crippen LogP contribution is 2.25. The number of nitrogens with one attached hydrogen (secondary N) is 2. The molecule has 2 aromatic carbocycles. The number of benzene rings is 2. The van der Waals surface area contributed by atoms with E-state index in [0.29, 0.717) is 18.5 Å². The van der Waals surface area contributed by atoms with Crippen molar-refractivity contribution in [1.29, 1.82) is 0 Å². The molecular formula is C18H19N3O4. The second-order valence-electron chi connectivity index (χ2n) is 5.62. The summed E-state index contributed by atoms with van der Waals surface area (Å²) in [6.07, 6.45) is 1.17. The highest BCUT2D eigenvalue weighted by Gasteiger charge is 2.13. The van der Waals surface area contributed by atoms with Crippen molar-refractivity contribution >= 4 is 28.9 Å². The number of para-hydroxylation sites is 1. The molecule has 25 heavy (non-hydrogen) atoms. The van der Waals surface area contributed by atoms with Gasteiger partial charge in [-0.2, -0.15) is 0 Å². The molecule has 2 amide bonds. The number of hydrogen-bond acceptors (Lipinski definition) is 4. The lowest BCUT2D eigenvalue weighted by atomic mass is 10.0. The van der Waals surface area contributed by atoms with Gasteiger partial charge >= 0.3 is 0 Å². The van der Waals surface area contributed by atoms with Gasteiger partial charge in [0.05, 0.1) is 10.6 Å². The van der Waals surface area contributed by atoms with Crippen LogP contribution in [-0.2, 0) is 22.4 Å². The molecule has 0 aliphatic carbocycles. The molecule has 0 unspecified atom stereocenters. The van der Waals surface area contributed by atoms with Gasteiger partial charge in [0.2, 0.25) is 11.8 Å². The van der Waals surface area contributed by atoms with Crippen LogP contribution in [0.1, 0.15) is 25.0 Å². The minimum Gasteiger partial charge on any atom is -0.326 e. The number of non-ortho nitro benzene ring substituents is 1. The lowest BCUT2D eigenvalue weighted by Crippen LogP contribution is -2.10. The molecule has 7 heteroatoms. The first-order valence-electron chi connectivity index (χ1n) is 7.77. The van der Waals surface area contributed by atoms with Gasteiger partial charge in [-0.1, -0.05) is 24.3 Å². The maximum atomic E-state index is 11.4. The van der Waals surface area contributed by atoms with Crippen LogP contribution in [0, 0.1) is 10.1 Å². The molecule has 7 nitrogen and oxygen atoms in total. The average Bonchev–Trinajstić information content (AvgIpc) is 2.53. The largest absolute Gasteiger partial charge is 0.326 e. The van der Waals surface area contributed by atoms with Crippen molar-refractivity contribution in [3.63, 3.8) is 0 Å². The molecule has 0 saturated heterocycles. The highest BCUT2D eigenvalue weighted by atomic mass is 16.6. The highest BCUT2D eigenvalue weighted by molar-refractivity contribution is 5.90. The van der Waals surface area contributed by atoms with E-state index in [1.54, 1.807) is 6.07 Å². The van der Waals surface area contributed by atoms with Crippen LogP contribution < -0.4 is 10.6 Å². The third kappa shape index (κ3) is 5.13. The fraction of sp³-hybridized carbons (Fsp3) is 0.222. The molecule has 0 saturated carbocycles. The quantitative estimate of drug-likeness (QED) is 0.622. The molecule has 0 aliphatic rings. The molecule has 0 fully saturated rings. The Labute approximate surface area is 145 Å². The number of hydrogen-bond donors (Lipinski definition) is 2. The Morgan fingerprint density at radius 3 is 2.08 bits per heavy atom. The first-order chi connectivity index (χ1) is 11.9. The zero-order chi connectivity index (χ0) is 18.4. The predicted molar refractivity (Wildman–Crippen MR) is 95.6 cm³/mol. The third-order valence-electron chi connectivity index (χ3n) is 3.61. The zero-order valence-electron chi connectivity index (χ0n) is 14.0. The summed E-state index contributed by atoms with van der Waals surface area (Å²) in [5.74, 6) is -0.442. The van der Waals surface area contributed by atoms with Crippen LogP contribution in [0.25, 0.3) is 0 Å². The molecule has 0 radical (unpaired) electrons. The normalized spacial score (nSPS) is 10.2. The van der Waals surface area contributed by atoms with Gasteiger partial charge in [0.15, 0.2) is 0 Å². The Bertz CT molecular complexity index is 818. The number of amides is 2. The van der Waals surface area contributed by atoms with Crippen molar-refractivity contribution in [3.05, 3.63) is 63.7 Å². The Morgan fingerprint density at radius 2 is 1.48 bits per heavy atom. The van der Waals surface area contributed by atoms with Gasteiger partial charge in [0.1, 0.15) is 0 Å². The molecule has 0 aliphatic heterocycles. The van der Waals surface area contributed by atoms with Gasteiger partial charge in [-0.15, -0.1) is 0 Å². The van der Waals surface area contributed by atoms with E-state index in [0.717, 1.165) is 16.8 Å². The van der Waals surface area contributed by atoms with E-state index >= 15 is 0 Å². The molecule has 2 rings (SSSR count). The molecule has 0 spiro atoms. The molecule has 2 N–H and O–H groups in total. The van der Waals surface area contributed by atoms with E-state index in [4.69, 9.17) is 0 Å². The summed E-state index contributed by atoms with van der Waals surface area (Å²) in [5.41, 5.74) is 2.83. The molecule has 0 atom stereocenters. The number of rotatable bonds is 6. The predicted octanol–water partition coefficient (Wildman–Crippen LogP) is 3.30. The number of carbonyl (C=O) groups is 2. The van der Waals surface area contributed by atoms with Crippen molar-refractivity contribution < 1.29 is 14.5 Å². The van der Waals surface area contributed by atoms with Crippen LogP contribution in [0.5, 0.6) is 0 Å². The number of nitro benzene ring substituents is 1. The van der Waals surface area contributed by atoms with E-state index in [2.05, 4.69) is 10.6 Å². The van der Waals surface area contributed by atoms with Gasteiger partial charge < -0.3 is 10.6 Å². The second-order valence-corrected chi connectivity index (χ2v) is 5.62. The Balaban J connectivity index is 2.24. The number of nitro groups is 1. The Hall–Kier alpha value is -3.22. The maximum absolute atomic E-state index is 11.4. The lowest BCUT2D eigenvalue weighted by molar-refractivity contribution is -0.384. The summed E-state index contributed by atoms with van der Waals surface area (Å²) >= 11 is 0. The van der Waals surface area contributed by atoms with Crippen molar-refractivity contribution in [2.75, 3.05) is 10.6 Å². The summed E-state index contributed by atoms with van der Waals surface area (Å²) < 4.78 is 0. The van der Waals surface area contributed by atoms with Gasteiger partial charge in [0, 0.05) is 31.7 Å².